The molecule has 0 aliphatic carbocycles. The third-order valence-corrected chi connectivity index (χ3v) is 4.67. The number of hydrogen-bond donors (Lipinski definition) is 1. The molecule has 1 unspecified atom stereocenters. The molecule has 2 aromatic rings. The van der Waals surface area contributed by atoms with E-state index in [1.807, 2.05) is 12.1 Å². The van der Waals surface area contributed by atoms with Gasteiger partial charge in [0.2, 0.25) is 0 Å². The molecule has 0 radical (unpaired) electrons. The van der Waals surface area contributed by atoms with Gasteiger partial charge < -0.3 is 5.11 Å². The van der Waals surface area contributed by atoms with E-state index < -0.39 is 0 Å². The lowest BCUT2D eigenvalue weighted by Gasteiger charge is -2.07. The number of halogens is 1. The van der Waals surface area contributed by atoms with Gasteiger partial charge in [0.15, 0.2) is 0 Å². The highest BCUT2D eigenvalue weighted by Gasteiger charge is 2.09. The zero-order valence-electron chi connectivity index (χ0n) is 8.73. The Morgan fingerprint density at radius 3 is 2.81 bits per heavy atom. The lowest BCUT2D eigenvalue weighted by Crippen LogP contribution is -1.95. The molecule has 4 heteroatoms. The number of hydrogen-bond acceptors (Lipinski definition) is 3. The van der Waals surface area contributed by atoms with E-state index in [0.717, 1.165) is 28.5 Å². The van der Waals surface area contributed by atoms with Crippen LogP contribution in [0.3, 0.4) is 0 Å². The van der Waals surface area contributed by atoms with E-state index in [0.29, 0.717) is 0 Å². The predicted molar refractivity (Wildman–Crippen MR) is 71.5 cm³/mol. The Morgan fingerprint density at radius 2 is 2.19 bits per heavy atom. The lowest BCUT2D eigenvalue weighted by atomic mass is 10.1. The summed E-state index contributed by atoms with van der Waals surface area (Å²) in [7, 11) is 0. The minimum absolute atomic E-state index is 0.363. The van der Waals surface area contributed by atoms with Gasteiger partial charge >= 0.3 is 0 Å². The summed E-state index contributed by atoms with van der Waals surface area (Å²) < 4.78 is 0.743. The van der Waals surface area contributed by atoms with Gasteiger partial charge in [-0.05, 0) is 42.8 Å². The van der Waals surface area contributed by atoms with E-state index in [2.05, 4.69) is 17.5 Å². The van der Waals surface area contributed by atoms with Gasteiger partial charge in [0.05, 0.1) is 10.4 Å². The van der Waals surface area contributed by atoms with E-state index in [9.17, 15) is 5.11 Å². The zero-order chi connectivity index (χ0) is 11.4. The molecule has 1 nitrogen and oxygen atoms in total. The molecule has 0 saturated heterocycles. The molecule has 0 saturated carbocycles. The van der Waals surface area contributed by atoms with Crippen LogP contribution >= 0.6 is 34.3 Å². The van der Waals surface area contributed by atoms with Crippen LogP contribution in [0.2, 0.25) is 4.34 Å². The van der Waals surface area contributed by atoms with E-state index >= 15 is 0 Å². The van der Waals surface area contributed by atoms with Crippen molar-refractivity contribution in [1.29, 1.82) is 0 Å². The molecule has 0 aliphatic heterocycles. The fourth-order valence-electron chi connectivity index (χ4n) is 1.57. The first kappa shape index (κ1) is 12.1. The van der Waals surface area contributed by atoms with Gasteiger partial charge in [-0.2, -0.15) is 0 Å². The zero-order valence-corrected chi connectivity index (χ0v) is 11.1. The van der Waals surface area contributed by atoms with Gasteiger partial charge in [0.25, 0.3) is 0 Å². The van der Waals surface area contributed by atoms with Crippen LogP contribution < -0.4 is 0 Å². The number of rotatable bonds is 5. The standard InChI is InChI=1S/C12H13ClOS2/c13-12-7-6-11(16-12)10(14)5-1-3-9-4-2-8-15-9/h2,4,6-8,10,14H,1,3,5H2. The van der Waals surface area contributed by atoms with Crippen molar-refractivity contribution >= 4 is 34.3 Å². The summed E-state index contributed by atoms with van der Waals surface area (Å²) in [4.78, 5) is 2.35. The van der Waals surface area contributed by atoms with Crippen molar-refractivity contribution in [3.8, 4) is 0 Å². The van der Waals surface area contributed by atoms with Gasteiger partial charge in [-0.1, -0.05) is 17.7 Å². The highest BCUT2D eigenvalue weighted by molar-refractivity contribution is 7.16. The second-order valence-corrected chi connectivity index (χ2v) is 6.41. The Kier molecular flexibility index (Phi) is 4.41. The molecule has 0 spiro atoms. The van der Waals surface area contributed by atoms with Crippen LogP contribution in [0, 0.1) is 0 Å². The van der Waals surface area contributed by atoms with Crippen molar-refractivity contribution in [3.63, 3.8) is 0 Å². The van der Waals surface area contributed by atoms with Gasteiger partial charge in [0.1, 0.15) is 0 Å². The van der Waals surface area contributed by atoms with Crippen molar-refractivity contribution in [2.75, 3.05) is 0 Å². The summed E-state index contributed by atoms with van der Waals surface area (Å²) in [6.45, 7) is 0. The molecule has 1 atom stereocenters. The molecule has 0 amide bonds. The fourth-order valence-corrected chi connectivity index (χ4v) is 3.41. The van der Waals surface area contributed by atoms with Gasteiger partial charge in [-0.3, -0.25) is 0 Å². The predicted octanol–water partition coefficient (Wildman–Crippen LogP) is 4.52. The summed E-state index contributed by atoms with van der Waals surface area (Å²) in [5, 5.41) is 12.0. The summed E-state index contributed by atoms with van der Waals surface area (Å²) in [5.41, 5.74) is 0. The Hall–Kier alpha value is -0.350. The fraction of sp³-hybridized carbons (Fsp3) is 0.333. The average Bonchev–Trinajstić information content (AvgIpc) is 2.89. The smallest absolute Gasteiger partial charge is 0.0932 e. The number of aliphatic hydroxyl groups is 1. The Morgan fingerprint density at radius 1 is 1.31 bits per heavy atom. The Balaban J connectivity index is 1.78. The summed E-state index contributed by atoms with van der Waals surface area (Å²) in [6, 6.07) is 7.95. The maximum Gasteiger partial charge on any atom is 0.0932 e. The quantitative estimate of drug-likeness (QED) is 0.848. The van der Waals surface area contributed by atoms with Crippen LogP contribution in [-0.4, -0.2) is 5.11 Å². The Labute approximate surface area is 108 Å². The summed E-state index contributed by atoms with van der Waals surface area (Å²) >= 11 is 9.06. The maximum absolute atomic E-state index is 9.92. The first-order chi connectivity index (χ1) is 7.75. The maximum atomic E-state index is 9.92. The molecule has 1 N–H and O–H groups in total. The molecule has 0 fully saturated rings. The molecule has 0 aliphatic rings. The van der Waals surface area contributed by atoms with E-state index in [4.69, 9.17) is 11.6 Å². The second-order valence-electron chi connectivity index (χ2n) is 3.63. The highest BCUT2D eigenvalue weighted by atomic mass is 35.5. The summed E-state index contributed by atoms with van der Waals surface area (Å²) in [5.74, 6) is 0. The van der Waals surface area contributed by atoms with Crippen molar-refractivity contribution in [1.82, 2.24) is 0 Å². The molecule has 86 valence electrons. The molecule has 0 bridgehead atoms. The van der Waals surface area contributed by atoms with Crippen LogP contribution in [0.4, 0.5) is 0 Å². The summed E-state index contributed by atoms with van der Waals surface area (Å²) in [6.07, 6.45) is 2.50. The monoisotopic (exact) mass is 272 g/mol. The first-order valence-corrected chi connectivity index (χ1v) is 7.29. The molecule has 2 aromatic heterocycles. The number of aryl methyl sites for hydroxylation is 1. The largest absolute Gasteiger partial charge is 0.388 e. The minimum atomic E-state index is -0.363. The molecular formula is C12H13ClOS2. The van der Waals surface area contributed by atoms with Crippen LogP contribution in [0.1, 0.15) is 28.7 Å². The van der Waals surface area contributed by atoms with Crippen molar-refractivity contribution < 1.29 is 5.11 Å². The minimum Gasteiger partial charge on any atom is -0.388 e. The Bertz CT molecular complexity index is 422. The molecule has 0 aromatic carbocycles. The van der Waals surface area contributed by atoms with Gasteiger partial charge in [-0.25, -0.2) is 0 Å². The molecular weight excluding hydrogens is 260 g/mol. The second kappa shape index (κ2) is 5.82. The topological polar surface area (TPSA) is 20.2 Å². The highest BCUT2D eigenvalue weighted by Crippen LogP contribution is 2.29. The van der Waals surface area contributed by atoms with Crippen LogP contribution in [0.15, 0.2) is 29.6 Å². The normalized spacial score (nSPS) is 12.9. The van der Waals surface area contributed by atoms with E-state index in [1.165, 1.54) is 16.2 Å². The van der Waals surface area contributed by atoms with Gasteiger partial charge in [0, 0.05) is 9.75 Å². The third kappa shape index (κ3) is 3.32. The van der Waals surface area contributed by atoms with Crippen molar-refractivity contribution in [2.24, 2.45) is 0 Å². The number of thiophene rings is 2. The SMILES string of the molecule is OC(CCCc1cccs1)c1ccc(Cl)s1. The average molecular weight is 273 g/mol. The lowest BCUT2D eigenvalue weighted by molar-refractivity contribution is 0.168. The third-order valence-electron chi connectivity index (χ3n) is 2.40. The van der Waals surface area contributed by atoms with E-state index in [-0.39, 0.29) is 6.10 Å². The van der Waals surface area contributed by atoms with Gasteiger partial charge in [-0.15, -0.1) is 22.7 Å². The van der Waals surface area contributed by atoms with Crippen LogP contribution in [0.25, 0.3) is 0 Å². The molecule has 16 heavy (non-hydrogen) atoms. The molecule has 2 rings (SSSR count). The number of aliphatic hydroxyl groups excluding tert-OH is 1. The van der Waals surface area contributed by atoms with Crippen molar-refractivity contribution in [3.05, 3.63) is 43.7 Å². The van der Waals surface area contributed by atoms with E-state index in [1.54, 1.807) is 11.3 Å². The van der Waals surface area contributed by atoms with Crippen LogP contribution in [-0.2, 0) is 6.42 Å². The molecule has 2 heterocycles. The van der Waals surface area contributed by atoms with Crippen molar-refractivity contribution in [2.45, 2.75) is 25.4 Å². The van der Waals surface area contributed by atoms with Crippen LogP contribution in [0.5, 0.6) is 0 Å². The first-order valence-electron chi connectivity index (χ1n) is 5.21.